The van der Waals surface area contributed by atoms with Crippen molar-refractivity contribution in [3.63, 3.8) is 0 Å². The van der Waals surface area contributed by atoms with E-state index in [0.717, 1.165) is 71.6 Å². The topological polar surface area (TPSA) is 57.0 Å². The van der Waals surface area contributed by atoms with Gasteiger partial charge in [-0.2, -0.15) is 0 Å². The van der Waals surface area contributed by atoms with Crippen molar-refractivity contribution in [1.29, 1.82) is 0 Å². The van der Waals surface area contributed by atoms with Gasteiger partial charge in [0.05, 0.1) is 18.5 Å². The Balaban J connectivity index is 2.08. The molecule has 0 spiro atoms. The Bertz CT molecular complexity index is 1040. The van der Waals surface area contributed by atoms with Crippen LogP contribution in [0.15, 0.2) is 24.3 Å². The number of hydrogen-bond acceptors (Lipinski definition) is 4. The summed E-state index contributed by atoms with van der Waals surface area (Å²) in [4.78, 5) is 22.4. The fourth-order valence-corrected chi connectivity index (χ4v) is 4.67. The second kappa shape index (κ2) is 7.81. The van der Waals surface area contributed by atoms with E-state index in [2.05, 4.69) is 58.3 Å². The summed E-state index contributed by atoms with van der Waals surface area (Å²) in [7, 11) is 1.47. The number of carbonyl (C=O) groups is 1. The molecule has 0 amide bonds. The van der Waals surface area contributed by atoms with Crippen LogP contribution in [0.3, 0.4) is 0 Å². The van der Waals surface area contributed by atoms with Gasteiger partial charge in [-0.05, 0) is 65.6 Å². The summed E-state index contributed by atoms with van der Waals surface area (Å²) in [5.41, 5.74) is 5.87. The maximum Gasteiger partial charge on any atom is 0.313 e. The quantitative estimate of drug-likeness (QED) is 0.374. The van der Waals surface area contributed by atoms with Crippen LogP contribution < -0.4 is 0 Å². The van der Waals surface area contributed by atoms with E-state index in [4.69, 9.17) is 14.7 Å². The molecule has 5 nitrogen and oxygen atoms in total. The van der Waals surface area contributed by atoms with E-state index in [1.165, 1.54) is 10.7 Å². The van der Waals surface area contributed by atoms with Gasteiger partial charge >= 0.3 is 5.97 Å². The van der Waals surface area contributed by atoms with Gasteiger partial charge in [0.2, 0.25) is 0 Å². The minimum absolute atomic E-state index is 0.195. The lowest BCUT2D eigenvalue weighted by Crippen LogP contribution is -2.17. The Labute approximate surface area is 178 Å². The lowest BCUT2D eigenvalue weighted by molar-refractivity contribution is -0.142. The van der Waals surface area contributed by atoms with Gasteiger partial charge in [-0.25, -0.2) is 9.97 Å². The highest BCUT2D eigenvalue weighted by atomic mass is 127. The van der Waals surface area contributed by atoms with Gasteiger partial charge in [0.1, 0.15) is 5.82 Å². The molecule has 0 aliphatic carbocycles. The van der Waals surface area contributed by atoms with Crippen molar-refractivity contribution in [2.75, 3.05) is 7.11 Å². The number of aromatic nitrogens is 3. The summed E-state index contributed by atoms with van der Waals surface area (Å²) >= 11 is 2.32. The zero-order chi connectivity index (χ0) is 19.8. The summed E-state index contributed by atoms with van der Waals surface area (Å²) in [5, 5.41) is 0. The number of hydrogen-bond donors (Lipinski definition) is 0. The fourth-order valence-electron chi connectivity index (χ4n) is 4.31. The predicted octanol–water partition coefficient (Wildman–Crippen LogP) is 5.01. The van der Waals surface area contributed by atoms with Gasteiger partial charge in [0.25, 0.3) is 0 Å². The molecule has 4 rings (SSSR count). The van der Waals surface area contributed by atoms with E-state index in [-0.39, 0.29) is 11.9 Å². The molecule has 2 aromatic heterocycles. The number of imidazole rings is 1. The predicted molar refractivity (Wildman–Crippen MR) is 118 cm³/mol. The molecule has 0 N–H and O–H groups in total. The number of halogens is 1. The van der Waals surface area contributed by atoms with Crippen LogP contribution in [0, 0.1) is 10.5 Å². The van der Waals surface area contributed by atoms with Crippen molar-refractivity contribution in [2.24, 2.45) is 0 Å². The lowest BCUT2D eigenvalue weighted by Gasteiger charge is -2.21. The summed E-state index contributed by atoms with van der Waals surface area (Å²) < 4.78 is 8.65. The number of rotatable bonds is 5. The van der Waals surface area contributed by atoms with Gasteiger partial charge < -0.3 is 9.30 Å². The molecule has 0 saturated heterocycles. The molecule has 1 aliphatic rings. The Morgan fingerprint density at radius 1 is 1.29 bits per heavy atom. The molecule has 3 heterocycles. The number of esters is 1. The van der Waals surface area contributed by atoms with Crippen molar-refractivity contribution in [1.82, 2.24) is 14.5 Å². The Kier molecular flexibility index (Phi) is 5.40. The third-order valence-electron chi connectivity index (χ3n) is 5.52. The van der Waals surface area contributed by atoms with E-state index < -0.39 is 0 Å². The standard InChI is InChI=1S/C22H24IN3O2/c1-4-6-16(22(27)28-3)18-13(2)24-21-20(26-12-5-7-17(26)25-21)19(18)14-8-10-15(23)11-9-14/h8-11,16H,4-7,12H2,1-3H3. The highest BCUT2D eigenvalue weighted by Crippen LogP contribution is 2.40. The second-order valence-electron chi connectivity index (χ2n) is 7.31. The smallest absolute Gasteiger partial charge is 0.313 e. The molecule has 146 valence electrons. The van der Waals surface area contributed by atoms with Crippen LogP contribution in [0.4, 0.5) is 0 Å². The minimum Gasteiger partial charge on any atom is -0.469 e. The maximum atomic E-state index is 12.7. The zero-order valence-corrected chi connectivity index (χ0v) is 18.6. The molecule has 0 radical (unpaired) electrons. The van der Waals surface area contributed by atoms with Gasteiger partial charge in [0.15, 0.2) is 5.65 Å². The van der Waals surface area contributed by atoms with Crippen molar-refractivity contribution >= 4 is 39.7 Å². The van der Waals surface area contributed by atoms with Gasteiger partial charge in [-0.3, -0.25) is 4.79 Å². The van der Waals surface area contributed by atoms with Crippen LogP contribution in [0.25, 0.3) is 22.3 Å². The monoisotopic (exact) mass is 489 g/mol. The van der Waals surface area contributed by atoms with E-state index in [1.54, 1.807) is 0 Å². The average molecular weight is 489 g/mol. The molecule has 1 aromatic carbocycles. The number of pyridine rings is 1. The van der Waals surface area contributed by atoms with Crippen LogP contribution in [0.2, 0.25) is 0 Å². The lowest BCUT2D eigenvalue weighted by atomic mass is 9.86. The van der Waals surface area contributed by atoms with Crippen molar-refractivity contribution in [3.05, 3.63) is 44.9 Å². The first-order valence-corrected chi connectivity index (χ1v) is 10.9. The number of methoxy groups -OCH3 is 1. The number of fused-ring (bicyclic) bond motifs is 3. The third kappa shape index (κ3) is 3.21. The average Bonchev–Trinajstić information content (AvgIpc) is 3.26. The molecule has 0 bridgehead atoms. The maximum absolute atomic E-state index is 12.7. The summed E-state index contributed by atoms with van der Waals surface area (Å²) in [6.45, 7) is 5.03. The van der Waals surface area contributed by atoms with Gasteiger partial charge in [-0.15, -0.1) is 0 Å². The van der Waals surface area contributed by atoms with Crippen molar-refractivity contribution in [2.45, 2.75) is 52.0 Å². The Hall–Kier alpha value is -1.96. The number of aryl methyl sites for hydroxylation is 3. The van der Waals surface area contributed by atoms with Crippen LogP contribution in [-0.2, 0) is 22.5 Å². The molecular formula is C22H24IN3O2. The van der Waals surface area contributed by atoms with Crippen molar-refractivity contribution < 1.29 is 9.53 Å². The molecule has 1 aliphatic heterocycles. The number of nitrogens with zero attached hydrogens (tertiary/aromatic N) is 3. The van der Waals surface area contributed by atoms with Gasteiger partial charge in [-0.1, -0.05) is 25.5 Å². The molecule has 0 fully saturated rings. The summed E-state index contributed by atoms with van der Waals surface area (Å²) in [6.07, 6.45) is 3.71. The SMILES string of the molecule is CCCC(C(=O)OC)c1c(C)nc2nc3n(c2c1-c1ccc(I)cc1)CCC3. The molecule has 1 atom stereocenters. The van der Waals surface area contributed by atoms with Crippen LogP contribution in [0.1, 0.15) is 49.2 Å². The first kappa shape index (κ1) is 19.4. The largest absolute Gasteiger partial charge is 0.469 e. The minimum atomic E-state index is -0.325. The molecule has 6 heteroatoms. The molecular weight excluding hydrogens is 465 g/mol. The third-order valence-corrected chi connectivity index (χ3v) is 6.24. The fraction of sp³-hybridized carbons (Fsp3) is 0.409. The molecule has 28 heavy (non-hydrogen) atoms. The molecule has 3 aromatic rings. The molecule has 0 saturated carbocycles. The van der Waals surface area contributed by atoms with E-state index in [1.807, 2.05) is 6.92 Å². The van der Waals surface area contributed by atoms with E-state index in [0.29, 0.717) is 0 Å². The Morgan fingerprint density at radius 3 is 2.71 bits per heavy atom. The van der Waals surface area contributed by atoms with Crippen LogP contribution >= 0.6 is 22.6 Å². The summed E-state index contributed by atoms with van der Waals surface area (Å²) in [6, 6.07) is 8.48. The van der Waals surface area contributed by atoms with Crippen LogP contribution in [0.5, 0.6) is 0 Å². The number of benzene rings is 1. The Morgan fingerprint density at radius 2 is 2.04 bits per heavy atom. The first-order chi connectivity index (χ1) is 13.5. The normalized spacial score (nSPS) is 14.3. The van der Waals surface area contributed by atoms with E-state index in [9.17, 15) is 4.79 Å². The number of ether oxygens (including phenoxy) is 1. The summed E-state index contributed by atoms with van der Waals surface area (Å²) in [5.74, 6) is 0.573. The molecule has 1 unspecified atom stereocenters. The van der Waals surface area contributed by atoms with E-state index >= 15 is 0 Å². The highest BCUT2D eigenvalue weighted by molar-refractivity contribution is 14.1. The second-order valence-corrected chi connectivity index (χ2v) is 8.56. The number of carbonyl (C=O) groups excluding carboxylic acids is 1. The first-order valence-electron chi connectivity index (χ1n) is 9.78. The highest BCUT2D eigenvalue weighted by Gasteiger charge is 2.31. The van der Waals surface area contributed by atoms with Gasteiger partial charge in [0, 0.05) is 27.8 Å². The van der Waals surface area contributed by atoms with Crippen molar-refractivity contribution in [3.8, 4) is 11.1 Å². The zero-order valence-electron chi connectivity index (χ0n) is 16.5. The van der Waals surface area contributed by atoms with Crippen LogP contribution in [-0.4, -0.2) is 27.6 Å².